The lowest BCUT2D eigenvalue weighted by atomic mass is 10.2. The molecule has 1 atom stereocenters. The van der Waals surface area contributed by atoms with Gasteiger partial charge in [-0.2, -0.15) is 0 Å². The first-order valence-corrected chi connectivity index (χ1v) is 11.6. The molecule has 0 aliphatic rings. The number of hydrogen-bond donors (Lipinski definition) is 2. The van der Waals surface area contributed by atoms with E-state index < -0.39 is 16.1 Å². The van der Waals surface area contributed by atoms with Crippen LogP contribution in [0.1, 0.15) is 30.3 Å². The van der Waals surface area contributed by atoms with Gasteiger partial charge in [-0.15, -0.1) is 0 Å². The van der Waals surface area contributed by atoms with E-state index in [1.54, 1.807) is 19.9 Å². The average molecular weight is 455 g/mol. The van der Waals surface area contributed by atoms with Crippen LogP contribution >= 0.6 is 0 Å². The molecule has 8 nitrogen and oxygen atoms in total. The Bertz CT molecular complexity index is 1190. The minimum Gasteiger partial charge on any atom is -0.480 e. The summed E-state index contributed by atoms with van der Waals surface area (Å²) in [4.78, 5) is 20.9. The Morgan fingerprint density at radius 1 is 1.00 bits per heavy atom. The number of para-hydroxylation sites is 1. The number of benzene rings is 2. The SMILES string of the molecule is CC[C@@H](Oc1ccccc1C)C(=O)Nc1ccc(S(=O)(=O)Nc2nc(C)cc(C)n2)cc1. The molecule has 0 fully saturated rings. The Kier molecular flexibility index (Phi) is 7.09. The van der Waals surface area contributed by atoms with E-state index in [2.05, 4.69) is 20.0 Å². The summed E-state index contributed by atoms with van der Waals surface area (Å²) in [6, 6.07) is 15.1. The largest absolute Gasteiger partial charge is 0.480 e. The molecule has 0 aliphatic carbocycles. The van der Waals surface area contributed by atoms with Crippen molar-refractivity contribution in [3.05, 3.63) is 71.5 Å². The van der Waals surface area contributed by atoms with Gasteiger partial charge in [0.25, 0.3) is 15.9 Å². The number of amides is 1. The van der Waals surface area contributed by atoms with Crippen LogP contribution in [0, 0.1) is 20.8 Å². The summed E-state index contributed by atoms with van der Waals surface area (Å²) < 4.78 is 33.5. The average Bonchev–Trinajstić information content (AvgIpc) is 2.72. The van der Waals surface area contributed by atoms with Gasteiger partial charge in [-0.05, 0) is 69.2 Å². The zero-order valence-corrected chi connectivity index (χ0v) is 19.2. The minimum absolute atomic E-state index is 0.0130. The van der Waals surface area contributed by atoms with Crippen molar-refractivity contribution in [1.29, 1.82) is 0 Å². The van der Waals surface area contributed by atoms with Crippen LogP contribution < -0.4 is 14.8 Å². The highest BCUT2D eigenvalue weighted by atomic mass is 32.2. The zero-order valence-electron chi connectivity index (χ0n) is 18.4. The van der Waals surface area contributed by atoms with Gasteiger partial charge >= 0.3 is 0 Å². The highest BCUT2D eigenvalue weighted by Gasteiger charge is 2.20. The van der Waals surface area contributed by atoms with Crippen LogP contribution in [0.25, 0.3) is 0 Å². The van der Waals surface area contributed by atoms with Crippen LogP contribution in [0.5, 0.6) is 5.75 Å². The molecule has 0 radical (unpaired) electrons. The molecule has 3 aromatic rings. The molecule has 1 amide bonds. The molecule has 3 rings (SSSR count). The molecule has 1 heterocycles. The molecule has 0 bridgehead atoms. The van der Waals surface area contributed by atoms with Crippen molar-refractivity contribution in [3.8, 4) is 5.75 Å². The summed E-state index contributed by atoms with van der Waals surface area (Å²) in [5.74, 6) is 0.350. The van der Waals surface area contributed by atoms with E-state index >= 15 is 0 Å². The van der Waals surface area contributed by atoms with E-state index in [1.165, 1.54) is 24.3 Å². The maximum atomic E-state index is 12.7. The number of anilines is 2. The Balaban J connectivity index is 1.69. The second kappa shape index (κ2) is 9.78. The third kappa shape index (κ3) is 5.82. The van der Waals surface area contributed by atoms with Crippen LogP contribution in [-0.2, 0) is 14.8 Å². The molecule has 1 aromatic heterocycles. The van der Waals surface area contributed by atoms with Gasteiger partial charge in [-0.25, -0.2) is 23.1 Å². The monoisotopic (exact) mass is 454 g/mol. The normalized spacial score (nSPS) is 12.1. The summed E-state index contributed by atoms with van der Waals surface area (Å²) in [5.41, 5.74) is 2.72. The van der Waals surface area contributed by atoms with Crippen molar-refractivity contribution in [1.82, 2.24) is 9.97 Å². The van der Waals surface area contributed by atoms with Gasteiger partial charge in [0.2, 0.25) is 5.95 Å². The number of ether oxygens (including phenoxy) is 1. The quantitative estimate of drug-likeness (QED) is 0.532. The van der Waals surface area contributed by atoms with E-state index in [0.717, 1.165) is 5.56 Å². The number of nitrogens with one attached hydrogen (secondary N) is 2. The van der Waals surface area contributed by atoms with Crippen molar-refractivity contribution in [2.45, 2.75) is 45.1 Å². The number of nitrogens with zero attached hydrogens (tertiary/aromatic N) is 2. The maximum Gasteiger partial charge on any atom is 0.265 e. The predicted octanol–water partition coefficient (Wildman–Crippen LogP) is 4.00. The number of sulfonamides is 1. The van der Waals surface area contributed by atoms with Crippen LogP contribution in [0.4, 0.5) is 11.6 Å². The molecule has 2 N–H and O–H groups in total. The number of hydrogen-bond acceptors (Lipinski definition) is 6. The summed E-state index contributed by atoms with van der Waals surface area (Å²) in [6.07, 6.45) is -0.199. The summed E-state index contributed by atoms with van der Waals surface area (Å²) in [6.45, 7) is 7.29. The molecule has 0 saturated heterocycles. The number of rotatable bonds is 8. The van der Waals surface area contributed by atoms with E-state index in [-0.39, 0.29) is 16.8 Å². The van der Waals surface area contributed by atoms with Crippen molar-refractivity contribution < 1.29 is 17.9 Å². The third-order valence-corrected chi connectivity index (χ3v) is 6.01. The van der Waals surface area contributed by atoms with Gasteiger partial charge in [-0.3, -0.25) is 4.79 Å². The summed E-state index contributed by atoms with van der Waals surface area (Å²) in [5, 5.41) is 2.77. The van der Waals surface area contributed by atoms with Crippen molar-refractivity contribution in [3.63, 3.8) is 0 Å². The van der Waals surface area contributed by atoms with Gasteiger partial charge in [0, 0.05) is 17.1 Å². The standard InChI is InChI=1S/C23H26N4O4S/c1-5-20(31-21-9-7-6-8-15(21)2)22(28)26-18-10-12-19(13-11-18)32(29,30)27-23-24-16(3)14-17(4)25-23/h6-14,20H,5H2,1-4H3,(H,26,28)(H,24,25,27)/t20-/m1/s1. The lowest BCUT2D eigenvalue weighted by molar-refractivity contribution is -0.122. The first kappa shape index (κ1) is 23.2. The van der Waals surface area contributed by atoms with Gasteiger partial charge in [0.15, 0.2) is 6.10 Å². The molecule has 0 aliphatic heterocycles. The summed E-state index contributed by atoms with van der Waals surface area (Å²) >= 11 is 0. The molecule has 2 aromatic carbocycles. The number of aromatic nitrogens is 2. The molecule has 168 valence electrons. The zero-order chi connectivity index (χ0) is 23.3. The molecule has 0 spiro atoms. The Morgan fingerprint density at radius 2 is 1.62 bits per heavy atom. The first-order chi connectivity index (χ1) is 15.2. The fourth-order valence-electron chi connectivity index (χ4n) is 3.06. The lowest BCUT2D eigenvalue weighted by Gasteiger charge is -2.18. The molecule has 0 saturated carbocycles. The fourth-order valence-corrected chi connectivity index (χ4v) is 4.00. The highest BCUT2D eigenvalue weighted by Crippen LogP contribution is 2.21. The predicted molar refractivity (Wildman–Crippen MR) is 123 cm³/mol. The van der Waals surface area contributed by atoms with E-state index in [9.17, 15) is 13.2 Å². The minimum atomic E-state index is -3.87. The van der Waals surface area contributed by atoms with Crippen LogP contribution in [0.15, 0.2) is 59.5 Å². The molecular formula is C23H26N4O4S. The second-order valence-corrected chi connectivity index (χ2v) is 9.06. The van der Waals surface area contributed by atoms with Gasteiger partial charge in [0.05, 0.1) is 4.90 Å². The van der Waals surface area contributed by atoms with Crippen molar-refractivity contribution >= 4 is 27.6 Å². The summed E-state index contributed by atoms with van der Waals surface area (Å²) in [7, 11) is -3.87. The van der Waals surface area contributed by atoms with Crippen molar-refractivity contribution in [2.75, 3.05) is 10.0 Å². The first-order valence-electron chi connectivity index (χ1n) is 10.2. The maximum absolute atomic E-state index is 12.7. The van der Waals surface area contributed by atoms with E-state index in [1.807, 2.05) is 38.1 Å². The number of carbonyl (C=O) groups is 1. The third-order valence-electron chi connectivity index (χ3n) is 4.67. The Hall–Kier alpha value is -3.46. The fraction of sp³-hybridized carbons (Fsp3) is 0.261. The topological polar surface area (TPSA) is 110 Å². The second-order valence-electron chi connectivity index (χ2n) is 7.37. The van der Waals surface area contributed by atoms with Gasteiger partial charge < -0.3 is 10.1 Å². The smallest absolute Gasteiger partial charge is 0.265 e. The van der Waals surface area contributed by atoms with Gasteiger partial charge in [0.1, 0.15) is 5.75 Å². The lowest BCUT2D eigenvalue weighted by Crippen LogP contribution is -2.32. The molecule has 32 heavy (non-hydrogen) atoms. The molecule has 9 heteroatoms. The Labute approximate surface area is 188 Å². The highest BCUT2D eigenvalue weighted by molar-refractivity contribution is 7.92. The molecular weight excluding hydrogens is 428 g/mol. The molecule has 0 unspecified atom stereocenters. The van der Waals surface area contributed by atoms with Crippen LogP contribution in [0.2, 0.25) is 0 Å². The Morgan fingerprint density at radius 3 is 2.22 bits per heavy atom. The number of carbonyl (C=O) groups excluding carboxylic acids is 1. The van der Waals surface area contributed by atoms with Crippen LogP contribution in [0.3, 0.4) is 0 Å². The van der Waals surface area contributed by atoms with Crippen LogP contribution in [-0.4, -0.2) is 30.4 Å². The number of aryl methyl sites for hydroxylation is 3. The van der Waals surface area contributed by atoms with E-state index in [4.69, 9.17) is 4.74 Å². The van der Waals surface area contributed by atoms with E-state index in [0.29, 0.717) is 29.2 Å². The van der Waals surface area contributed by atoms with Gasteiger partial charge in [-0.1, -0.05) is 25.1 Å². The van der Waals surface area contributed by atoms with Crippen molar-refractivity contribution in [2.24, 2.45) is 0 Å².